The molecule has 12 nitrogen and oxygen atoms in total. The van der Waals surface area contributed by atoms with Crippen LogP contribution in [0.2, 0.25) is 0 Å². The van der Waals surface area contributed by atoms with Crippen molar-refractivity contribution in [1.82, 2.24) is 5.32 Å². The Balaban J connectivity index is 2.19. The molecule has 402 valence electrons. The van der Waals surface area contributed by atoms with Gasteiger partial charge in [0, 0.05) is 6.42 Å². The largest absolute Gasteiger partial charge is 0.397 e. The molecule has 0 spiro atoms. The van der Waals surface area contributed by atoms with Crippen LogP contribution in [0.25, 0.3) is 0 Å². The van der Waals surface area contributed by atoms with E-state index >= 15 is 0 Å². The zero-order chi connectivity index (χ0) is 49.8. The molecule has 1 aliphatic heterocycles. The second kappa shape index (κ2) is 45.4. The molecule has 1 aliphatic rings. The smallest absolute Gasteiger partial charge is 0.394 e. The van der Waals surface area contributed by atoms with Crippen LogP contribution in [-0.2, 0) is 28.9 Å². The van der Waals surface area contributed by atoms with Crippen LogP contribution in [0.5, 0.6) is 0 Å². The number of carbonyl (C=O) groups excluding carboxylic acids is 1. The molecule has 1 heterocycles. The van der Waals surface area contributed by atoms with E-state index in [1.54, 1.807) is 6.08 Å². The summed E-state index contributed by atoms with van der Waals surface area (Å²) in [6, 6.07) is -0.940. The van der Waals surface area contributed by atoms with Crippen molar-refractivity contribution in [2.24, 2.45) is 0 Å². The van der Waals surface area contributed by atoms with Gasteiger partial charge >= 0.3 is 10.4 Å². The summed E-state index contributed by atoms with van der Waals surface area (Å²) >= 11 is 0. The van der Waals surface area contributed by atoms with Crippen LogP contribution in [0.4, 0.5) is 0 Å². The summed E-state index contributed by atoms with van der Waals surface area (Å²) in [5, 5.41) is 44.7. The van der Waals surface area contributed by atoms with E-state index < -0.39 is 59.9 Å². The monoisotopic (exact) mass is 988 g/mol. The summed E-state index contributed by atoms with van der Waals surface area (Å²) in [5.41, 5.74) is 0. The Morgan fingerprint density at radius 1 is 0.574 bits per heavy atom. The van der Waals surface area contributed by atoms with Crippen LogP contribution in [0.3, 0.4) is 0 Å². The molecule has 0 aromatic rings. The number of hydrogen-bond donors (Lipinski definition) is 6. The number of amides is 1. The van der Waals surface area contributed by atoms with Crippen LogP contribution < -0.4 is 5.32 Å². The molecule has 13 heteroatoms. The lowest BCUT2D eigenvalue weighted by atomic mass is 9.99. The van der Waals surface area contributed by atoms with Crippen molar-refractivity contribution >= 4 is 16.3 Å². The third kappa shape index (κ3) is 37.4. The summed E-state index contributed by atoms with van der Waals surface area (Å²) in [4.78, 5) is 13.0. The summed E-state index contributed by atoms with van der Waals surface area (Å²) < 4.78 is 47.6. The van der Waals surface area contributed by atoms with Gasteiger partial charge in [-0.25, -0.2) is 4.18 Å². The van der Waals surface area contributed by atoms with Crippen LogP contribution in [0, 0.1) is 0 Å². The highest BCUT2D eigenvalue weighted by Crippen LogP contribution is 2.26. The van der Waals surface area contributed by atoms with Gasteiger partial charge in [0.05, 0.1) is 25.4 Å². The van der Waals surface area contributed by atoms with Crippen LogP contribution >= 0.6 is 0 Å². The van der Waals surface area contributed by atoms with E-state index in [1.165, 1.54) is 193 Å². The Morgan fingerprint density at radius 3 is 1.32 bits per heavy atom. The molecule has 0 aromatic heterocycles. The van der Waals surface area contributed by atoms with Gasteiger partial charge < -0.3 is 35.2 Å². The Kier molecular flexibility index (Phi) is 43.2. The molecular weight excluding hydrogens is 883 g/mol. The van der Waals surface area contributed by atoms with E-state index in [4.69, 9.17) is 9.47 Å². The average Bonchev–Trinajstić information content (AvgIpc) is 3.31. The van der Waals surface area contributed by atoms with Crippen molar-refractivity contribution in [2.75, 3.05) is 13.2 Å². The number of rotatable bonds is 49. The van der Waals surface area contributed by atoms with E-state index in [1.807, 2.05) is 6.08 Å². The molecule has 7 unspecified atom stereocenters. The number of aliphatic hydroxyl groups is 4. The van der Waals surface area contributed by atoms with Gasteiger partial charge in [0.2, 0.25) is 5.91 Å². The third-order valence-electron chi connectivity index (χ3n) is 13.5. The van der Waals surface area contributed by atoms with Gasteiger partial charge in [-0.3, -0.25) is 9.35 Å². The average molecular weight is 989 g/mol. The van der Waals surface area contributed by atoms with E-state index in [2.05, 4.69) is 35.5 Å². The molecular formula is C55H105NO11S. The van der Waals surface area contributed by atoms with Gasteiger partial charge in [-0.15, -0.1) is 0 Å². The molecule has 0 aliphatic carbocycles. The Bertz CT molecular complexity index is 1300. The Labute approximate surface area is 416 Å². The van der Waals surface area contributed by atoms with Gasteiger partial charge in [-0.05, 0) is 44.9 Å². The zero-order valence-corrected chi connectivity index (χ0v) is 44.3. The van der Waals surface area contributed by atoms with Gasteiger partial charge in [-0.2, -0.15) is 8.42 Å². The van der Waals surface area contributed by atoms with Crippen LogP contribution in [0.15, 0.2) is 24.3 Å². The maximum Gasteiger partial charge on any atom is 0.397 e. The maximum absolute atomic E-state index is 13.0. The summed E-state index contributed by atoms with van der Waals surface area (Å²) in [5.74, 6) is -0.262. The van der Waals surface area contributed by atoms with Crippen molar-refractivity contribution in [3.8, 4) is 0 Å². The summed E-state index contributed by atoms with van der Waals surface area (Å²) in [7, 11) is -5.08. The topological polar surface area (TPSA) is 192 Å². The molecule has 7 atom stereocenters. The molecule has 1 amide bonds. The Morgan fingerprint density at radius 2 is 0.941 bits per heavy atom. The number of unbranched alkanes of at least 4 members (excludes halogenated alkanes) is 35. The first-order valence-corrected chi connectivity index (χ1v) is 29.6. The van der Waals surface area contributed by atoms with E-state index in [0.29, 0.717) is 6.42 Å². The van der Waals surface area contributed by atoms with Crippen LogP contribution in [-0.4, -0.2) is 95.4 Å². The predicted octanol–water partition coefficient (Wildman–Crippen LogP) is 12.8. The standard InChI is InChI=1S/C55H105NO11S/c1-3-5-7-9-11-13-14-15-16-17-18-19-20-21-22-23-24-25-26-27-28-29-30-31-32-33-34-35-37-39-41-43-45-51(59)56-48(49(58)44-42-40-38-36-12-10-8-6-4-2)47-65-55-53(61)54(67-68(62,63)64)52(60)50(46-57)66-55/h21-22,42,44,48-50,52-55,57-58,60-61H,3-20,23-41,43,45-47H2,1-2H3,(H,56,59)(H,62,63,64)/b22-21-,44-42+. The molecule has 68 heavy (non-hydrogen) atoms. The first-order valence-electron chi connectivity index (χ1n) is 28.2. The highest BCUT2D eigenvalue weighted by Gasteiger charge is 2.48. The molecule has 0 bridgehead atoms. The van der Waals surface area contributed by atoms with Crippen molar-refractivity contribution in [1.29, 1.82) is 0 Å². The first kappa shape index (κ1) is 64.6. The minimum Gasteiger partial charge on any atom is -0.394 e. The molecule has 1 fully saturated rings. The lowest BCUT2D eigenvalue weighted by Gasteiger charge is -2.41. The number of aliphatic hydroxyl groups excluding tert-OH is 4. The van der Waals surface area contributed by atoms with E-state index in [9.17, 15) is 38.2 Å². The maximum atomic E-state index is 13.0. The quantitative estimate of drug-likeness (QED) is 0.0193. The summed E-state index contributed by atoms with van der Waals surface area (Å²) in [6.07, 6.45) is 47.0. The van der Waals surface area contributed by atoms with Crippen LogP contribution in [0.1, 0.15) is 264 Å². The van der Waals surface area contributed by atoms with Gasteiger partial charge in [-0.1, -0.05) is 237 Å². The zero-order valence-electron chi connectivity index (χ0n) is 43.4. The fraction of sp³-hybridized carbons (Fsp3) is 0.909. The summed E-state index contributed by atoms with van der Waals surface area (Å²) in [6.45, 7) is 3.37. The van der Waals surface area contributed by atoms with Gasteiger partial charge in [0.25, 0.3) is 0 Å². The first-order chi connectivity index (χ1) is 33.0. The van der Waals surface area contributed by atoms with Crippen molar-refractivity contribution in [3.05, 3.63) is 24.3 Å². The minimum atomic E-state index is -5.08. The second-order valence-electron chi connectivity index (χ2n) is 19.9. The molecule has 0 radical (unpaired) electrons. The number of ether oxygens (including phenoxy) is 2. The SMILES string of the molecule is CCCCCCCCC/C=C/C(O)C(COC1OC(CO)C(O)C(OS(=O)(=O)O)C1O)NC(=O)CCCCCCCCCCCCCCCCCC/C=C\CCCCCCCCCCCCCC. The van der Waals surface area contributed by atoms with Gasteiger partial charge in [0.15, 0.2) is 6.29 Å². The molecule has 0 saturated carbocycles. The second-order valence-corrected chi connectivity index (χ2v) is 20.9. The molecule has 1 rings (SSSR count). The van der Waals surface area contributed by atoms with E-state index in [-0.39, 0.29) is 18.9 Å². The predicted molar refractivity (Wildman–Crippen MR) is 278 cm³/mol. The van der Waals surface area contributed by atoms with Crippen molar-refractivity contribution < 1.29 is 51.8 Å². The normalized spacial score (nSPS) is 19.9. The fourth-order valence-electron chi connectivity index (χ4n) is 9.10. The van der Waals surface area contributed by atoms with Gasteiger partial charge in [0.1, 0.15) is 24.4 Å². The minimum absolute atomic E-state index is 0.262. The number of nitrogens with one attached hydrogen (secondary N) is 1. The Hall–Kier alpha value is -1.42. The molecule has 0 aromatic carbocycles. The third-order valence-corrected chi connectivity index (χ3v) is 13.9. The lowest BCUT2D eigenvalue weighted by molar-refractivity contribution is -0.298. The molecule has 1 saturated heterocycles. The molecule has 6 N–H and O–H groups in total. The lowest BCUT2D eigenvalue weighted by Crippen LogP contribution is -2.61. The number of hydrogen-bond acceptors (Lipinski definition) is 10. The van der Waals surface area contributed by atoms with Crippen molar-refractivity contribution in [3.63, 3.8) is 0 Å². The van der Waals surface area contributed by atoms with Crippen molar-refractivity contribution in [2.45, 2.75) is 307 Å². The fourth-order valence-corrected chi connectivity index (χ4v) is 9.61. The highest BCUT2D eigenvalue weighted by atomic mass is 32.3. The number of carbonyl (C=O) groups is 1. The van der Waals surface area contributed by atoms with E-state index in [0.717, 1.165) is 44.9 Å². The number of allylic oxidation sites excluding steroid dienone is 3. The highest BCUT2D eigenvalue weighted by molar-refractivity contribution is 7.80.